The first-order valence-electron chi connectivity index (χ1n) is 5.92. The number of thiophene rings is 1. The Morgan fingerprint density at radius 3 is 3.00 bits per heavy atom. The first-order valence-corrected chi connectivity index (χ1v) is 6.86. The lowest BCUT2D eigenvalue weighted by Gasteiger charge is -2.29. The van der Waals surface area contributed by atoms with Gasteiger partial charge in [-0.05, 0) is 16.8 Å². The standard InChI is InChI=1S/C12H14N2O3S/c15-12(14-2-4-16-5-3-14)10-11(17-8-13-10)9-1-6-18-7-9/h1,6-8,10-11H,2-5H2. The minimum absolute atomic E-state index is 0.0308. The van der Waals surface area contributed by atoms with Crippen molar-refractivity contribution in [3.05, 3.63) is 22.4 Å². The van der Waals surface area contributed by atoms with Gasteiger partial charge in [0, 0.05) is 18.7 Å². The second-order valence-corrected chi connectivity index (χ2v) is 5.03. The van der Waals surface area contributed by atoms with E-state index in [1.54, 1.807) is 16.2 Å². The molecule has 0 spiro atoms. The fraction of sp³-hybridized carbons (Fsp3) is 0.500. The van der Waals surface area contributed by atoms with Gasteiger partial charge in [-0.25, -0.2) is 4.99 Å². The Balaban J connectivity index is 1.73. The summed E-state index contributed by atoms with van der Waals surface area (Å²) < 4.78 is 10.7. The highest BCUT2D eigenvalue weighted by Crippen LogP contribution is 2.29. The number of amides is 1. The number of rotatable bonds is 2. The number of ether oxygens (including phenoxy) is 2. The van der Waals surface area contributed by atoms with E-state index in [-0.39, 0.29) is 12.0 Å². The first-order chi connectivity index (χ1) is 8.86. The summed E-state index contributed by atoms with van der Waals surface area (Å²) in [4.78, 5) is 18.4. The topological polar surface area (TPSA) is 51.1 Å². The SMILES string of the molecule is O=C(C1N=COC1c1ccsc1)N1CCOCC1. The van der Waals surface area contributed by atoms with Crippen molar-refractivity contribution in [3.8, 4) is 0 Å². The lowest BCUT2D eigenvalue weighted by atomic mass is 10.0. The third kappa shape index (κ3) is 2.13. The van der Waals surface area contributed by atoms with Gasteiger partial charge in [0.2, 0.25) is 0 Å². The van der Waals surface area contributed by atoms with Gasteiger partial charge in [-0.2, -0.15) is 11.3 Å². The van der Waals surface area contributed by atoms with Crippen molar-refractivity contribution in [3.63, 3.8) is 0 Å². The zero-order chi connectivity index (χ0) is 12.4. The zero-order valence-corrected chi connectivity index (χ0v) is 10.6. The summed E-state index contributed by atoms with van der Waals surface area (Å²) >= 11 is 1.60. The van der Waals surface area contributed by atoms with Crippen molar-refractivity contribution in [2.75, 3.05) is 26.3 Å². The van der Waals surface area contributed by atoms with Crippen molar-refractivity contribution < 1.29 is 14.3 Å². The van der Waals surface area contributed by atoms with Crippen molar-refractivity contribution in [2.45, 2.75) is 12.1 Å². The van der Waals surface area contributed by atoms with E-state index in [0.29, 0.717) is 26.3 Å². The van der Waals surface area contributed by atoms with Gasteiger partial charge in [-0.1, -0.05) is 0 Å². The molecule has 6 heteroatoms. The van der Waals surface area contributed by atoms with Crippen LogP contribution >= 0.6 is 11.3 Å². The van der Waals surface area contributed by atoms with Crippen molar-refractivity contribution in [1.82, 2.24) is 4.90 Å². The summed E-state index contributed by atoms with van der Waals surface area (Å²) in [6.45, 7) is 2.49. The molecule has 18 heavy (non-hydrogen) atoms. The highest BCUT2D eigenvalue weighted by molar-refractivity contribution is 7.08. The van der Waals surface area contributed by atoms with Gasteiger partial charge >= 0.3 is 0 Å². The number of hydrogen-bond donors (Lipinski definition) is 0. The molecule has 0 bridgehead atoms. The highest BCUT2D eigenvalue weighted by Gasteiger charge is 2.37. The van der Waals surface area contributed by atoms with Crippen LogP contribution in [0.1, 0.15) is 11.7 Å². The van der Waals surface area contributed by atoms with Crippen molar-refractivity contribution in [1.29, 1.82) is 0 Å². The molecule has 1 fully saturated rings. The quantitative estimate of drug-likeness (QED) is 0.804. The summed E-state index contributed by atoms with van der Waals surface area (Å²) in [6, 6.07) is 1.53. The Morgan fingerprint density at radius 2 is 2.28 bits per heavy atom. The van der Waals surface area contributed by atoms with Crippen LogP contribution in [0.2, 0.25) is 0 Å². The fourth-order valence-corrected chi connectivity index (χ4v) is 2.86. The van der Waals surface area contributed by atoms with E-state index in [1.165, 1.54) is 6.40 Å². The lowest BCUT2D eigenvalue weighted by Crippen LogP contribution is -2.46. The number of aliphatic imine (C=N–C) groups is 1. The van der Waals surface area contributed by atoms with Gasteiger partial charge in [-0.15, -0.1) is 0 Å². The normalized spacial score (nSPS) is 27.2. The Bertz CT molecular complexity index is 440. The van der Waals surface area contributed by atoms with Gasteiger partial charge < -0.3 is 14.4 Å². The van der Waals surface area contributed by atoms with Crippen LogP contribution < -0.4 is 0 Å². The van der Waals surface area contributed by atoms with Gasteiger partial charge in [0.05, 0.1) is 13.2 Å². The van der Waals surface area contributed by atoms with Crippen LogP contribution in [0.4, 0.5) is 0 Å². The number of carbonyl (C=O) groups excluding carboxylic acids is 1. The molecule has 0 aliphatic carbocycles. The molecule has 1 aromatic heterocycles. The maximum absolute atomic E-state index is 12.4. The molecule has 5 nitrogen and oxygen atoms in total. The largest absolute Gasteiger partial charge is 0.473 e. The van der Waals surface area contributed by atoms with Gasteiger partial charge in [0.25, 0.3) is 5.91 Å². The molecule has 1 aromatic rings. The Kier molecular flexibility index (Phi) is 3.29. The predicted octanol–water partition coefficient (Wildman–Crippen LogP) is 1.08. The summed E-state index contributed by atoms with van der Waals surface area (Å²) in [5.41, 5.74) is 1.02. The molecule has 0 N–H and O–H groups in total. The summed E-state index contributed by atoms with van der Waals surface area (Å²) in [6.07, 6.45) is 1.12. The molecule has 1 saturated heterocycles. The van der Waals surface area contributed by atoms with E-state index in [0.717, 1.165) is 5.56 Å². The van der Waals surface area contributed by atoms with E-state index in [1.807, 2.05) is 16.8 Å². The van der Waals surface area contributed by atoms with E-state index >= 15 is 0 Å². The average molecular weight is 266 g/mol. The van der Waals surface area contributed by atoms with Crippen LogP contribution in [0.3, 0.4) is 0 Å². The van der Waals surface area contributed by atoms with Crippen LogP contribution in [0.25, 0.3) is 0 Å². The monoisotopic (exact) mass is 266 g/mol. The third-order valence-corrected chi connectivity index (χ3v) is 3.86. The second kappa shape index (κ2) is 5.07. The fourth-order valence-electron chi connectivity index (χ4n) is 2.18. The summed E-state index contributed by atoms with van der Waals surface area (Å²) in [7, 11) is 0. The minimum Gasteiger partial charge on any atom is -0.473 e. The molecular weight excluding hydrogens is 252 g/mol. The summed E-state index contributed by atoms with van der Waals surface area (Å²) in [5, 5.41) is 3.98. The predicted molar refractivity (Wildman–Crippen MR) is 67.8 cm³/mol. The molecular formula is C12H14N2O3S. The van der Waals surface area contributed by atoms with Crippen LogP contribution in [-0.2, 0) is 14.3 Å². The van der Waals surface area contributed by atoms with E-state index in [9.17, 15) is 4.79 Å². The van der Waals surface area contributed by atoms with Crippen LogP contribution in [0.15, 0.2) is 21.8 Å². The van der Waals surface area contributed by atoms with Gasteiger partial charge in [0.15, 0.2) is 18.5 Å². The molecule has 2 unspecified atom stereocenters. The Labute approximate surface area is 109 Å². The summed E-state index contributed by atoms with van der Waals surface area (Å²) in [5.74, 6) is 0.0308. The average Bonchev–Trinajstić information content (AvgIpc) is 3.09. The molecule has 3 rings (SSSR count). The smallest absolute Gasteiger partial charge is 0.251 e. The van der Waals surface area contributed by atoms with E-state index in [4.69, 9.17) is 9.47 Å². The van der Waals surface area contributed by atoms with Crippen LogP contribution in [-0.4, -0.2) is 49.6 Å². The van der Waals surface area contributed by atoms with E-state index in [2.05, 4.69) is 4.99 Å². The molecule has 1 amide bonds. The highest BCUT2D eigenvalue weighted by atomic mass is 32.1. The molecule has 2 aliphatic rings. The number of nitrogens with zero attached hydrogens (tertiary/aromatic N) is 2. The van der Waals surface area contributed by atoms with E-state index < -0.39 is 6.04 Å². The third-order valence-electron chi connectivity index (χ3n) is 3.16. The molecule has 2 aliphatic heterocycles. The van der Waals surface area contributed by atoms with Crippen LogP contribution in [0.5, 0.6) is 0 Å². The second-order valence-electron chi connectivity index (χ2n) is 4.25. The van der Waals surface area contributed by atoms with Crippen LogP contribution in [0, 0.1) is 0 Å². The van der Waals surface area contributed by atoms with Crippen molar-refractivity contribution in [2.24, 2.45) is 4.99 Å². The van der Waals surface area contributed by atoms with Gasteiger partial charge in [-0.3, -0.25) is 4.79 Å². The Hall–Kier alpha value is -1.40. The molecule has 0 radical (unpaired) electrons. The number of hydrogen-bond acceptors (Lipinski definition) is 5. The molecule has 0 saturated carbocycles. The maximum atomic E-state index is 12.4. The number of morpholine rings is 1. The Morgan fingerprint density at radius 1 is 1.44 bits per heavy atom. The maximum Gasteiger partial charge on any atom is 0.251 e. The van der Waals surface area contributed by atoms with Gasteiger partial charge in [0.1, 0.15) is 0 Å². The number of carbonyl (C=O) groups is 1. The zero-order valence-electron chi connectivity index (χ0n) is 9.82. The minimum atomic E-state index is -0.447. The first kappa shape index (κ1) is 11.7. The molecule has 3 heterocycles. The lowest BCUT2D eigenvalue weighted by molar-refractivity contribution is -0.138. The molecule has 96 valence electrons. The molecule has 2 atom stereocenters. The van der Waals surface area contributed by atoms with Crippen molar-refractivity contribution >= 4 is 23.6 Å². The molecule has 0 aromatic carbocycles.